The molecule has 0 radical (unpaired) electrons. The lowest BCUT2D eigenvalue weighted by Gasteiger charge is -2.43. The number of hydrogen-bond donors (Lipinski definition) is 0. The summed E-state index contributed by atoms with van der Waals surface area (Å²) in [4.78, 5) is 0. The zero-order valence-electron chi connectivity index (χ0n) is 30.3. The Morgan fingerprint density at radius 1 is 0.386 bits per heavy atom. The first-order valence-corrected chi connectivity index (χ1v) is 19.6. The van der Waals surface area contributed by atoms with E-state index in [1.165, 1.54) is 55.6 Å². The highest BCUT2D eigenvalue weighted by molar-refractivity contribution is 6.33. The van der Waals surface area contributed by atoms with Crippen molar-refractivity contribution in [2.75, 3.05) is 0 Å². The van der Waals surface area contributed by atoms with Gasteiger partial charge in [-0.15, -0.1) is 0 Å². The van der Waals surface area contributed by atoms with Gasteiger partial charge in [0.2, 0.25) is 0 Å². The third-order valence-electron chi connectivity index (χ3n) is 14.1. The Hall–Kier alpha value is -7.71. The lowest BCUT2D eigenvalue weighted by Crippen LogP contribution is -2.28. The van der Waals surface area contributed by atoms with Crippen LogP contribution < -0.4 is 0 Å². The second-order valence-corrected chi connectivity index (χ2v) is 16.3. The van der Waals surface area contributed by atoms with Crippen molar-refractivity contribution in [3.05, 3.63) is 217 Å². The smallest absolute Gasteiger partial charge is 0.0995 e. The predicted octanol–water partition coefficient (Wildman–Crippen LogP) is 11.6. The second kappa shape index (κ2) is 9.93. The Kier molecular flexibility index (Phi) is 5.16. The minimum atomic E-state index is -0.0578. The molecule has 57 heavy (non-hydrogen) atoms. The molecule has 0 amide bonds. The van der Waals surface area contributed by atoms with Gasteiger partial charge in [0.1, 0.15) is 0 Å². The standard InChI is InChI=1S/C53H26N4/c54-23-26-17-18-30-27(19-26)20-39-48-40(21-28(24-55)42-44-31-9-1-5-13-35(31)46(51(42)48)36-14-6-2-10-32(36)44)57-41-22-29(25-56)43-45-33-11-3-7-15-37(33)47(38-16-8-4-12-34(38)45)52(43)50(41)49(30)53(39)57/h1-22,44-47H. The molecule has 8 aromatic carbocycles. The molecule has 6 aliphatic carbocycles. The molecule has 16 rings (SSSR count). The van der Waals surface area contributed by atoms with Crippen LogP contribution in [-0.4, -0.2) is 4.40 Å². The minimum absolute atomic E-state index is 0.0438. The first-order valence-electron chi connectivity index (χ1n) is 19.6. The van der Waals surface area contributed by atoms with Gasteiger partial charge in [-0.2, -0.15) is 15.8 Å². The normalized spacial score (nSPS) is 18.8. The molecular formula is C53H26N4. The second-order valence-electron chi connectivity index (χ2n) is 16.3. The van der Waals surface area contributed by atoms with Crippen molar-refractivity contribution in [2.24, 2.45) is 0 Å². The molecule has 0 spiro atoms. The number of benzene rings is 8. The van der Waals surface area contributed by atoms with Crippen LogP contribution in [0.1, 0.15) is 107 Å². The van der Waals surface area contributed by atoms with Crippen molar-refractivity contribution in [1.82, 2.24) is 4.40 Å². The van der Waals surface area contributed by atoms with Gasteiger partial charge < -0.3 is 4.40 Å². The predicted molar refractivity (Wildman–Crippen MR) is 222 cm³/mol. The topological polar surface area (TPSA) is 75.8 Å². The summed E-state index contributed by atoms with van der Waals surface area (Å²) in [5.41, 5.74) is 20.0. The van der Waals surface area contributed by atoms with Crippen molar-refractivity contribution < 1.29 is 0 Å². The highest BCUT2D eigenvalue weighted by Gasteiger charge is 2.47. The zero-order valence-corrected chi connectivity index (χ0v) is 30.3. The van der Waals surface area contributed by atoms with Gasteiger partial charge in [0.15, 0.2) is 0 Å². The summed E-state index contributed by atoms with van der Waals surface area (Å²) in [6, 6.07) is 55.6. The van der Waals surface area contributed by atoms with Crippen molar-refractivity contribution in [3.63, 3.8) is 0 Å². The molecule has 0 saturated carbocycles. The van der Waals surface area contributed by atoms with E-state index in [2.05, 4.69) is 144 Å². The fraction of sp³-hybridized carbons (Fsp3) is 0.0755. The molecule has 4 nitrogen and oxygen atoms in total. The molecule has 0 N–H and O–H groups in total. The van der Waals surface area contributed by atoms with Gasteiger partial charge in [-0.25, -0.2) is 0 Å². The lowest BCUT2D eigenvalue weighted by atomic mass is 9.59. The van der Waals surface area contributed by atoms with E-state index in [0.29, 0.717) is 16.7 Å². The molecule has 2 heterocycles. The number of nitriles is 3. The van der Waals surface area contributed by atoms with E-state index in [-0.39, 0.29) is 23.7 Å². The number of rotatable bonds is 0. The zero-order chi connectivity index (χ0) is 37.4. The molecule has 0 aliphatic heterocycles. The van der Waals surface area contributed by atoms with Crippen LogP contribution in [0.4, 0.5) is 0 Å². The molecule has 10 aromatic rings. The maximum absolute atomic E-state index is 11.1. The monoisotopic (exact) mass is 718 g/mol. The first-order chi connectivity index (χ1) is 28.2. The third-order valence-corrected chi connectivity index (χ3v) is 14.1. The molecular weight excluding hydrogens is 693 g/mol. The molecule has 4 heteroatoms. The summed E-state index contributed by atoms with van der Waals surface area (Å²) in [7, 11) is 0. The van der Waals surface area contributed by atoms with Crippen molar-refractivity contribution in [1.29, 1.82) is 15.8 Å². The Balaban J connectivity index is 1.23. The van der Waals surface area contributed by atoms with Crippen LogP contribution in [0.3, 0.4) is 0 Å². The molecule has 258 valence electrons. The Bertz CT molecular complexity index is 3620. The van der Waals surface area contributed by atoms with Gasteiger partial charge in [0, 0.05) is 45.2 Å². The summed E-state index contributed by atoms with van der Waals surface area (Å²) in [6.45, 7) is 0. The highest BCUT2D eigenvalue weighted by atomic mass is 14.9. The van der Waals surface area contributed by atoms with Gasteiger partial charge in [0.25, 0.3) is 0 Å². The summed E-state index contributed by atoms with van der Waals surface area (Å²) >= 11 is 0. The van der Waals surface area contributed by atoms with Gasteiger partial charge in [-0.1, -0.05) is 103 Å². The summed E-state index contributed by atoms with van der Waals surface area (Å²) in [5.74, 6) is -0.205. The maximum Gasteiger partial charge on any atom is 0.0995 e. The molecule has 0 saturated heterocycles. The average Bonchev–Trinajstić information content (AvgIpc) is 3.79. The van der Waals surface area contributed by atoms with E-state index in [0.717, 1.165) is 60.0 Å². The van der Waals surface area contributed by atoms with Crippen molar-refractivity contribution in [2.45, 2.75) is 23.7 Å². The van der Waals surface area contributed by atoms with Gasteiger partial charge in [0.05, 0.1) is 51.4 Å². The molecule has 0 atom stereocenters. The van der Waals surface area contributed by atoms with Gasteiger partial charge in [-0.05, 0) is 108 Å². The molecule has 0 fully saturated rings. The molecule has 4 bridgehead atoms. The van der Waals surface area contributed by atoms with Crippen molar-refractivity contribution in [3.8, 4) is 18.2 Å². The van der Waals surface area contributed by atoms with Gasteiger partial charge >= 0.3 is 0 Å². The van der Waals surface area contributed by atoms with Crippen LogP contribution in [0.15, 0.2) is 133 Å². The van der Waals surface area contributed by atoms with Crippen LogP contribution in [-0.2, 0) is 0 Å². The van der Waals surface area contributed by atoms with E-state index in [4.69, 9.17) is 0 Å². The van der Waals surface area contributed by atoms with E-state index in [9.17, 15) is 15.8 Å². The Morgan fingerprint density at radius 3 is 1.25 bits per heavy atom. The number of hydrogen-bond acceptors (Lipinski definition) is 3. The molecule has 6 aliphatic rings. The largest absolute Gasteiger partial charge is 0.308 e. The molecule has 2 aromatic heterocycles. The Morgan fingerprint density at radius 2 is 0.807 bits per heavy atom. The average molecular weight is 719 g/mol. The van der Waals surface area contributed by atoms with Crippen LogP contribution in [0.25, 0.3) is 48.9 Å². The fourth-order valence-corrected chi connectivity index (χ4v) is 12.3. The van der Waals surface area contributed by atoms with E-state index >= 15 is 0 Å². The van der Waals surface area contributed by atoms with Crippen LogP contribution >= 0.6 is 0 Å². The van der Waals surface area contributed by atoms with Crippen LogP contribution in [0.5, 0.6) is 0 Å². The SMILES string of the molecule is N#Cc1ccc2c(c1)cc1c3c4c(c(C#N)cc3n3c5cc(C#N)c6c(c5c2c13)C1c2ccccc2C6c2ccccc21)C1c2ccccc2C4c2ccccc21. The summed E-state index contributed by atoms with van der Waals surface area (Å²) in [6.07, 6.45) is 0. The van der Waals surface area contributed by atoms with E-state index in [1.807, 2.05) is 12.1 Å². The Labute approximate surface area is 326 Å². The van der Waals surface area contributed by atoms with Crippen LogP contribution in [0, 0.1) is 34.0 Å². The van der Waals surface area contributed by atoms with Crippen LogP contribution in [0.2, 0.25) is 0 Å². The molecule has 0 unspecified atom stereocenters. The maximum atomic E-state index is 11.1. The van der Waals surface area contributed by atoms with Gasteiger partial charge in [-0.3, -0.25) is 0 Å². The van der Waals surface area contributed by atoms with E-state index < -0.39 is 0 Å². The fourth-order valence-electron chi connectivity index (χ4n) is 12.3. The third kappa shape index (κ3) is 3.22. The first kappa shape index (κ1) is 29.6. The lowest BCUT2D eigenvalue weighted by molar-refractivity contribution is 0.758. The number of nitrogens with zero attached hydrogens (tertiary/aromatic N) is 4. The van der Waals surface area contributed by atoms with E-state index in [1.54, 1.807) is 0 Å². The number of fused-ring (bicyclic) bond motifs is 8. The minimum Gasteiger partial charge on any atom is -0.308 e. The quantitative estimate of drug-likeness (QED) is 0.157. The summed E-state index contributed by atoms with van der Waals surface area (Å²) < 4.78 is 2.38. The summed E-state index contributed by atoms with van der Waals surface area (Å²) in [5, 5.41) is 39.1. The van der Waals surface area contributed by atoms with Crippen molar-refractivity contribution >= 4 is 48.9 Å². The number of aromatic nitrogens is 1. The highest BCUT2D eigenvalue weighted by Crippen LogP contribution is 2.62.